The number of hydrogen-bond donors (Lipinski definition) is 0. The molecule has 0 unspecified atom stereocenters. The van der Waals surface area contributed by atoms with Crippen LogP contribution in [0.4, 0.5) is 0 Å². The van der Waals surface area contributed by atoms with Gasteiger partial charge in [-0.2, -0.15) is 0 Å². The van der Waals surface area contributed by atoms with Crippen molar-refractivity contribution in [3.63, 3.8) is 0 Å². The number of benzene rings is 1. The number of hydrogen-bond acceptors (Lipinski definition) is 2. The van der Waals surface area contributed by atoms with Crippen LogP contribution in [0.1, 0.15) is 18.2 Å². The molecule has 0 aliphatic rings. The molecule has 0 aliphatic heterocycles. The molecule has 1 heterocycles. The fraction of sp³-hybridized carbons (Fsp3) is 0.200. The second kappa shape index (κ2) is 4.80. The van der Waals surface area contributed by atoms with Gasteiger partial charge in [0.25, 0.3) is 0 Å². The van der Waals surface area contributed by atoms with Crippen LogP contribution >= 0.6 is 0 Å². The molecule has 86 valence electrons. The van der Waals surface area contributed by atoms with Gasteiger partial charge in [-0.3, -0.25) is 0 Å². The lowest BCUT2D eigenvalue weighted by Crippen LogP contribution is -1.94. The molecule has 0 saturated carbocycles. The standard InChI is InChI=1S/C15H14O2/c1-4-12-7-8-13(15(10-12)16-5-2)14-9-6-11(3)17-14/h1,6-10H,5H2,2-3H3. The second-order valence-electron chi connectivity index (χ2n) is 3.70. The lowest BCUT2D eigenvalue weighted by atomic mass is 10.1. The van der Waals surface area contributed by atoms with Crippen LogP contribution in [-0.2, 0) is 0 Å². The Morgan fingerprint density at radius 2 is 2.12 bits per heavy atom. The lowest BCUT2D eigenvalue weighted by Gasteiger charge is -2.08. The molecular formula is C15H14O2. The van der Waals surface area contributed by atoms with E-state index in [2.05, 4.69) is 5.92 Å². The van der Waals surface area contributed by atoms with E-state index >= 15 is 0 Å². The van der Waals surface area contributed by atoms with Gasteiger partial charge in [0.15, 0.2) is 0 Å². The summed E-state index contributed by atoms with van der Waals surface area (Å²) in [6.45, 7) is 4.46. The first-order chi connectivity index (χ1) is 8.24. The lowest BCUT2D eigenvalue weighted by molar-refractivity contribution is 0.340. The zero-order chi connectivity index (χ0) is 12.3. The maximum atomic E-state index is 5.60. The molecule has 2 rings (SSSR count). The van der Waals surface area contributed by atoms with Crippen molar-refractivity contribution in [1.29, 1.82) is 0 Å². The van der Waals surface area contributed by atoms with E-state index < -0.39 is 0 Å². The molecule has 0 spiro atoms. The van der Waals surface area contributed by atoms with Gasteiger partial charge >= 0.3 is 0 Å². The molecule has 2 heteroatoms. The average Bonchev–Trinajstić information content (AvgIpc) is 2.76. The molecule has 2 nitrogen and oxygen atoms in total. The van der Waals surface area contributed by atoms with Crippen LogP contribution in [0, 0.1) is 19.3 Å². The summed E-state index contributed by atoms with van der Waals surface area (Å²) >= 11 is 0. The number of terminal acetylenes is 1. The first kappa shape index (κ1) is 11.3. The van der Waals surface area contributed by atoms with Gasteiger partial charge in [-0.15, -0.1) is 6.42 Å². The fourth-order valence-corrected chi connectivity index (χ4v) is 1.67. The van der Waals surface area contributed by atoms with E-state index in [0.29, 0.717) is 6.61 Å². The number of aryl methyl sites for hydroxylation is 1. The maximum Gasteiger partial charge on any atom is 0.137 e. The fourth-order valence-electron chi connectivity index (χ4n) is 1.67. The quantitative estimate of drug-likeness (QED) is 0.745. The van der Waals surface area contributed by atoms with Gasteiger partial charge in [0, 0.05) is 5.56 Å². The van der Waals surface area contributed by atoms with Crippen molar-refractivity contribution >= 4 is 0 Å². The third-order valence-corrected chi connectivity index (χ3v) is 2.45. The minimum atomic E-state index is 0.598. The Hall–Kier alpha value is -2.14. The predicted octanol–water partition coefficient (Wildman–Crippen LogP) is 3.64. The zero-order valence-electron chi connectivity index (χ0n) is 9.99. The van der Waals surface area contributed by atoms with Crippen molar-refractivity contribution in [3.05, 3.63) is 41.7 Å². The summed E-state index contributed by atoms with van der Waals surface area (Å²) in [4.78, 5) is 0. The molecule has 1 aromatic heterocycles. The van der Waals surface area contributed by atoms with Gasteiger partial charge in [-0.1, -0.05) is 5.92 Å². The van der Waals surface area contributed by atoms with E-state index in [9.17, 15) is 0 Å². The van der Waals surface area contributed by atoms with Crippen LogP contribution in [0.25, 0.3) is 11.3 Å². The normalized spacial score (nSPS) is 9.94. The molecule has 0 radical (unpaired) electrons. The molecule has 0 atom stereocenters. The summed E-state index contributed by atoms with van der Waals surface area (Å²) in [6, 6.07) is 9.54. The molecule has 1 aromatic carbocycles. The zero-order valence-corrected chi connectivity index (χ0v) is 9.99. The Bertz CT molecular complexity index is 559. The number of ether oxygens (including phenoxy) is 1. The van der Waals surface area contributed by atoms with Crippen LogP contribution in [0.2, 0.25) is 0 Å². The Kier molecular flexibility index (Phi) is 3.20. The summed E-state index contributed by atoms with van der Waals surface area (Å²) in [5.41, 5.74) is 1.74. The first-order valence-electron chi connectivity index (χ1n) is 5.55. The van der Waals surface area contributed by atoms with Gasteiger partial charge < -0.3 is 9.15 Å². The largest absolute Gasteiger partial charge is 0.493 e. The summed E-state index contributed by atoms with van der Waals surface area (Å²) in [5, 5.41) is 0. The van der Waals surface area contributed by atoms with Crippen molar-refractivity contribution in [2.75, 3.05) is 6.61 Å². The van der Waals surface area contributed by atoms with E-state index in [1.807, 2.05) is 44.2 Å². The smallest absolute Gasteiger partial charge is 0.137 e. The van der Waals surface area contributed by atoms with Crippen molar-refractivity contribution in [2.24, 2.45) is 0 Å². The summed E-state index contributed by atoms with van der Waals surface area (Å²) in [5.74, 6) is 5.04. The highest BCUT2D eigenvalue weighted by atomic mass is 16.5. The predicted molar refractivity (Wildman–Crippen MR) is 68.0 cm³/mol. The summed E-state index contributed by atoms with van der Waals surface area (Å²) < 4.78 is 11.2. The highest BCUT2D eigenvalue weighted by Crippen LogP contribution is 2.32. The molecule has 0 amide bonds. The Labute approximate surface area is 101 Å². The Balaban J connectivity index is 2.49. The highest BCUT2D eigenvalue weighted by molar-refractivity contribution is 5.67. The molecule has 0 bridgehead atoms. The SMILES string of the molecule is C#Cc1ccc(-c2ccc(C)o2)c(OCC)c1. The average molecular weight is 226 g/mol. The molecule has 2 aromatic rings. The minimum absolute atomic E-state index is 0.598. The first-order valence-corrected chi connectivity index (χ1v) is 5.55. The highest BCUT2D eigenvalue weighted by Gasteiger charge is 2.10. The van der Waals surface area contributed by atoms with Gasteiger partial charge in [-0.05, 0) is 44.2 Å². The second-order valence-corrected chi connectivity index (χ2v) is 3.70. The van der Waals surface area contributed by atoms with E-state index in [-0.39, 0.29) is 0 Å². The minimum Gasteiger partial charge on any atom is -0.493 e. The molecular weight excluding hydrogens is 212 g/mol. The van der Waals surface area contributed by atoms with Crippen molar-refractivity contribution in [3.8, 4) is 29.4 Å². The molecule has 0 fully saturated rings. The van der Waals surface area contributed by atoms with E-state index in [0.717, 1.165) is 28.4 Å². The van der Waals surface area contributed by atoms with Gasteiger partial charge in [0.1, 0.15) is 17.3 Å². The summed E-state index contributed by atoms with van der Waals surface area (Å²) in [6.07, 6.45) is 5.38. The Morgan fingerprint density at radius 3 is 2.71 bits per heavy atom. The molecule has 17 heavy (non-hydrogen) atoms. The van der Waals surface area contributed by atoms with Gasteiger partial charge in [-0.25, -0.2) is 0 Å². The topological polar surface area (TPSA) is 22.4 Å². The third kappa shape index (κ3) is 2.34. The molecule has 0 saturated heterocycles. The Morgan fingerprint density at radius 1 is 1.29 bits per heavy atom. The van der Waals surface area contributed by atoms with Crippen LogP contribution in [0.3, 0.4) is 0 Å². The van der Waals surface area contributed by atoms with E-state index in [1.54, 1.807) is 0 Å². The van der Waals surface area contributed by atoms with Crippen LogP contribution in [0.15, 0.2) is 34.7 Å². The van der Waals surface area contributed by atoms with E-state index in [1.165, 1.54) is 0 Å². The molecule has 0 aliphatic carbocycles. The van der Waals surface area contributed by atoms with Crippen molar-refractivity contribution in [1.82, 2.24) is 0 Å². The third-order valence-electron chi connectivity index (χ3n) is 2.45. The monoisotopic (exact) mass is 226 g/mol. The van der Waals surface area contributed by atoms with Crippen LogP contribution < -0.4 is 4.74 Å². The van der Waals surface area contributed by atoms with Gasteiger partial charge in [0.05, 0.1) is 12.2 Å². The van der Waals surface area contributed by atoms with Crippen molar-refractivity contribution in [2.45, 2.75) is 13.8 Å². The van der Waals surface area contributed by atoms with E-state index in [4.69, 9.17) is 15.6 Å². The van der Waals surface area contributed by atoms with Crippen LogP contribution in [0.5, 0.6) is 5.75 Å². The maximum absolute atomic E-state index is 5.60. The van der Waals surface area contributed by atoms with Crippen molar-refractivity contribution < 1.29 is 9.15 Å². The summed E-state index contributed by atoms with van der Waals surface area (Å²) in [7, 11) is 0. The van der Waals surface area contributed by atoms with Gasteiger partial charge in [0.2, 0.25) is 0 Å². The molecule has 0 N–H and O–H groups in total. The number of rotatable bonds is 3. The van der Waals surface area contributed by atoms with Crippen LogP contribution in [-0.4, -0.2) is 6.61 Å². The number of furan rings is 1.